The van der Waals surface area contributed by atoms with Crippen molar-refractivity contribution in [2.24, 2.45) is 0 Å². The molecule has 0 heterocycles. The second-order valence-corrected chi connectivity index (χ2v) is 29.5. The first kappa shape index (κ1) is 94.8. The average molecular weight is 1430 g/mol. The number of carbonyl (C=O) groups excluding carboxylic acids is 4. The van der Waals surface area contributed by atoms with Crippen molar-refractivity contribution in [3.8, 4) is 0 Å². The molecular weight excluding hydrogens is 1280 g/mol. The fraction of sp³-hybridized carbons (Fsp3) is 0.823. The molecule has 0 fully saturated rings. The van der Waals surface area contributed by atoms with E-state index in [2.05, 4.69) is 88.5 Å². The van der Waals surface area contributed by atoms with Gasteiger partial charge in [-0.3, -0.25) is 37.3 Å². The van der Waals surface area contributed by atoms with Gasteiger partial charge in [-0.25, -0.2) is 9.13 Å². The lowest BCUT2D eigenvalue weighted by atomic mass is 10.1. The van der Waals surface area contributed by atoms with Crippen LogP contribution in [0.5, 0.6) is 0 Å². The SMILES string of the molecule is CCCCC/C=C\C/C=C\CCCCCCCC(=O)O[C@H](COC(=O)CCCCCCC/C=C\CCCCCCCC)COP(=O)(O)OC[C@@H](O)COP(=O)(O)OC[C@@H](COC(=O)CCCCCCC/C=C\CCCCCCCC)OC(=O)CCCCCCC/C=C\CCCCCC. The van der Waals surface area contributed by atoms with E-state index < -0.39 is 97.5 Å². The lowest BCUT2D eigenvalue weighted by Gasteiger charge is -2.21. The van der Waals surface area contributed by atoms with Crippen LogP contribution in [-0.4, -0.2) is 96.7 Å². The molecule has 0 saturated heterocycles. The molecule has 0 aliphatic rings. The molecular formula is C79H144O17P2. The first-order valence-electron chi connectivity index (χ1n) is 39.5. The van der Waals surface area contributed by atoms with E-state index in [0.29, 0.717) is 25.7 Å². The van der Waals surface area contributed by atoms with Crippen LogP contribution in [0.3, 0.4) is 0 Å². The first-order chi connectivity index (χ1) is 47.7. The number of hydrogen-bond acceptors (Lipinski definition) is 15. The Hall–Kier alpha value is -3.24. The highest BCUT2D eigenvalue weighted by molar-refractivity contribution is 7.47. The van der Waals surface area contributed by atoms with Crippen molar-refractivity contribution >= 4 is 39.5 Å². The fourth-order valence-electron chi connectivity index (χ4n) is 10.8. The van der Waals surface area contributed by atoms with Crippen molar-refractivity contribution in [2.75, 3.05) is 39.6 Å². The van der Waals surface area contributed by atoms with Gasteiger partial charge in [0.05, 0.1) is 26.4 Å². The maximum Gasteiger partial charge on any atom is 0.472 e. The van der Waals surface area contributed by atoms with Crippen molar-refractivity contribution < 1.29 is 80.2 Å². The van der Waals surface area contributed by atoms with Crippen molar-refractivity contribution in [1.29, 1.82) is 0 Å². The molecule has 0 bridgehead atoms. The Balaban J connectivity index is 5.35. The number of rotatable bonds is 75. The number of phosphoric acid groups is 2. The molecule has 0 aromatic rings. The summed E-state index contributed by atoms with van der Waals surface area (Å²) < 4.78 is 68.5. The molecule has 0 radical (unpaired) electrons. The molecule has 17 nitrogen and oxygen atoms in total. The normalized spacial score (nSPS) is 14.2. The summed E-state index contributed by atoms with van der Waals surface area (Å²) in [5.74, 6) is -2.19. The van der Waals surface area contributed by atoms with Gasteiger partial charge < -0.3 is 33.8 Å². The van der Waals surface area contributed by atoms with E-state index in [1.54, 1.807) is 0 Å². The fourth-order valence-corrected chi connectivity index (χ4v) is 12.4. The van der Waals surface area contributed by atoms with Crippen LogP contribution in [0.15, 0.2) is 60.8 Å². The van der Waals surface area contributed by atoms with Gasteiger partial charge in [0.15, 0.2) is 12.2 Å². The van der Waals surface area contributed by atoms with Crippen molar-refractivity contribution in [1.82, 2.24) is 0 Å². The average Bonchev–Trinajstić information content (AvgIpc) is 0.984. The molecule has 0 aliphatic carbocycles. The monoisotopic (exact) mass is 1430 g/mol. The lowest BCUT2D eigenvalue weighted by molar-refractivity contribution is -0.161. The molecule has 0 aromatic carbocycles. The zero-order chi connectivity index (χ0) is 71.8. The summed E-state index contributed by atoms with van der Waals surface area (Å²) in [4.78, 5) is 72.9. The maximum absolute atomic E-state index is 13.1. The third-order valence-electron chi connectivity index (χ3n) is 16.9. The molecule has 3 N–H and O–H groups in total. The minimum Gasteiger partial charge on any atom is -0.462 e. The number of esters is 4. The Kier molecular flexibility index (Phi) is 69.7. The zero-order valence-electron chi connectivity index (χ0n) is 62.5. The van der Waals surface area contributed by atoms with Gasteiger partial charge >= 0.3 is 39.5 Å². The third kappa shape index (κ3) is 71.2. The number of ether oxygens (including phenoxy) is 4. The highest BCUT2D eigenvalue weighted by Crippen LogP contribution is 2.45. The molecule has 2 unspecified atom stereocenters. The van der Waals surface area contributed by atoms with Crippen LogP contribution in [0, 0.1) is 0 Å². The topological polar surface area (TPSA) is 237 Å². The van der Waals surface area contributed by atoms with Gasteiger partial charge in [0, 0.05) is 25.7 Å². The number of carbonyl (C=O) groups is 4. The molecule has 0 spiro atoms. The van der Waals surface area contributed by atoms with E-state index >= 15 is 0 Å². The second-order valence-electron chi connectivity index (χ2n) is 26.6. The van der Waals surface area contributed by atoms with E-state index in [1.165, 1.54) is 122 Å². The first-order valence-corrected chi connectivity index (χ1v) is 42.5. The molecule has 0 aromatic heterocycles. The zero-order valence-corrected chi connectivity index (χ0v) is 64.3. The van der Waals surface area contributed by atoms with Crippen LogP contribution in [0.4, 0.5) is 0 Å². The van der Waals surface area contributed by atoms with Gasteiger partial charge in [0.25, 0.3) is 0 Å². The van der Waals surface area contributed by atoms with Crippen LogP contribution in [-0.2, 0) is 65.4 Å². The largest absolute Gasteiger partial charge is 0.472 e. The Morgan fingerprint density at radius 3 is 0.796 bits per heavy atom. The Bertz CT molecular complexity index is 2100. The number of phosphoric ester groups is 2. The number of aliphatic hydroxyl groups is 1. The summed E-state index contributed by atoms with van der Waals surface area (Å²) in [7, 11) is -9.95. The Labute approximate surface area is 597 Å². The highest BCUT2D eigenvalue weighted by atomic mass is 31.2. The predicted molar refractivity (Wildman–Crippen MR) is 400 cm³/mol. The standard InChI is InChI=1S/C79H144O17P2/c1-5-9-13-17-21-25-29-33-36-40-43-47-51-55-59-63-76(81)89-69-74(95-78(83)65-61-57-53-49-45-39-32-28-24-20-16-12-8-4)71-93-97(85,86)91-67-73(80)68-92-98(87,88)94-72-75(96-79(84)66-62-58-54-50-46-42-38-35-31-27-23-19-15-11-7-3)70-90-77(82)64-60-56-52-48-44-41-37-34-30-26-22-18-14-10-6-2/h23,27-28,32-38,73-75,80H,5-22,24-26,29-31,39-72H2,1-4H3,(H,85,86)(H,87,88)/b27-23-,32-28-,36-33-,37-34-,38-35-/t73-,74+,75+/m0/s1. The molecule has 0 amide bonds. The van der Waals surface area contributed by atoms with E-state index in [4.69, 9.17) is 37.0 Å². The van der Waals surface area contributed by atoms with E-state index in [-0.39, 0.29) is 25.7 Å². The van der Waals surface area contributed by atoms with Gasteiger partial charge in [-0.05, 0) is 135 Å². The summed E-state index contributed by atoms with van der Waals surface area (Å²) >= 11 is 0. The predicted octanol–water partition coefficient (Wildman–Crippen LogP) is 22.7. The van der Waals surface area contributed by atoms with E-state index in [0.717, 1.165) is 161 Å². The molecule has 0 saturated carbocycles. The van der Waals surface area contributed by atoms with Crippen LogP contribution >= 0.6 is 15.6 Å². The van der Waals surface area contributed by atoms with Gasteiger partial charge in [-0.2, -0.15) is 0 Å². The van der Waals surface area contributed by atoms with Crippen LogP contribution in [0.1, 0.15) is 362 Å². The summed E-state index contributed by atoms with van der Waals surface area (Å²) in [5.41, 5.74) is 0. The minimum absolute atomic E-state index is 0.0808. The lowest BCUT2D eigenvalue weighted by Crippen LogP contribution is -2.30. The van der Waals surface area contributed by atoms with Crippen LogP contribution < -0.4 is 0 Å². The number of allylic oxidation sites excluding steroid dienone is 10. The smallest absolute Gasteiger partial charge is 0.462 e. The highest BCUT2D eigenvalue weighted by Gasteiger charge is 2.30. The van der Waals surface area contributed by atoms with Gasteiger partial charge in [-0.15, -0.1) is 0 Å². The van der Waals surface area contributed by atoms with Gasteiger partial charge in [-0.1, -0.05) is 262 Å². The van der Waals surface area contributed by atoms with Gasteiger partial charge in [0.1, 0.15) is 19.3 Å². The van der Waals surface area contributed by atoms with Crippen LogP contribution in [0.2, 0.25) is 0 Å². The Morgan fingerprint density at radius 1 is 0.286 bits per heavy atom. The number of hydrogen-bond donors (Lipinski definition) is 3. The molecule has 0 rings (SSSR count). The maximum atomic E-state index is 13.1. The molecule has 19 heteroatoms. The van der Waals surface area contributed by atoms with Gasteiger partial charge in [0.2, 0.25) is 0 Å². The molecule has 572 valence electrons. The summed E-state index contributed by atoms with van der Waals surface area (Å²) in [6, 6.07) is 0. The summed E-state index contributed by atoms with van der Waals surface area (Å²) in [6.45, 7) is 4.84. The molecule has 5 atom stereocenters. The Morgan fingerprint density at radius 2 is 0.500 bits per heavy atom. The number of unbranched alkanes of at least 4 members (excludes halogenated alkanes) is 39. The second kappa shape index (κ2) is 72.1. The van der Waals surface area contributed by atoms with Crippen molar-refractivity contribution in [2.45, 2.75) is 380 Å². The summed E-state index contributed by atoms with van der Waals surface area (Å²) in [6.07, 6.45) is 70.5. The molecule has 0 aliphatic heterocycles. The third-order valence-corrected chi connectivity index (χ3v) is 18.8. The van der Waals surface area contributed by atoms with E-state index in [1.807, 2.05) is 0 Å². The molecule has 98 heavy (non-hydrogen) atoms. The van der Waals surface area contributed by atoms with Crippen LogP contribution in [0.25, 0.3) is 0 Å². The number of aliphatic hydroxyl groups excluding tert-OH is 1. The minimum atomic E-state index is -4.97. The quantitative estimate of drug-likeness (QED) is 0.0169. The van der Waals surface area contributed by atoms with Crippen molar-refractivity contribution in [3.63, 3.8) is 0 Å². The summed E-state index contributed by atoms with van der Waals surface area (Å²) in [5, 5.41) is 10.6. The van der Waals surface area contributed by atoms with Crippen molar-refractivity contribution in [3.05, 3.63) is 60.8 Å². The van der Waals surface area contributed by atoms with E-state index in [9.17, 15) is 43.2 Å².